The molecular weight excluding hydrogens is 284 g/mol. The van der Waals surface area contributed by atoms with Gasteiger partial charge < -0.3 is 5.32 Å². The van der Waals surface area contributed by atoms with Gasteiger partial charge in [-0.25, -0.2) is 8.42 Å². The maximum atomic E-state index is 11.6. The minimum absolute atomic E-state index is 0.121. The molecule has 1 heterocycles. The van der Waals surface area contributed by atoms with Gasteiger partial charge in [0, 0.05) is 23.4 Å². The Labute approximate surface area is 126 Å². The van der Waals surface area contributed by atoms with E-state index in [4.69, 9.17) is 0 Å². The molecule has 0 aliphatic rings. The SMILES string of the molecule is CCS(=O)(=O)CCCC(NC)c1cccc2cccnc12. The lowest BCUT2D eigenvalue weighted by molar-refractivity contribution is 0.538. The lowest BCUT2D eigenvalue weighted by Crippen LogP contribution is -2.18. The van der Waals surface area contributed by atoms with E-state index in [9.17, 15) is 8.42 Å². The highest BCUT2D eigenvalue weighted by molar-refractivity contribution is 7.91. The number of pyridine rings is 1. The Morgan fingerprint density at radius 1 is 1.24 bits per heavy atom. The van der Waals surface area contributed by atoms with Crippen LogP contribution in [0.5, 0.6) is 0 Å². The molecule has 0 saturated heterocycles. The standard InChI is InChI=1S/C16H22N2O2S/c1-3-21(19,20)12-6-10-15(17-2)14-9-4-7-13-8-5-11-18-16(13)14/h4-5,7-9,11,15,17H,3,6,10,12H2,1-2H3. The van der Waals surface area contributed by atoms with Gasteiger partial charge in [0.2, 0.25) is 0 Å². The van der Waals surface area contributed by atoms with E-state index in [0.29, 0.717) is 6.42 Å². The molecule has 0 radical (unpaired) electrons. The van der Waals surface area contributed by atoms with E-state index in [1.165, 1.54) is 0 Å². The number of aromatic nitrogens is 1. The second-order valence-corrected chi connectivity index (χ2v) is 7.61. The number of benzene rings is 1. The molecule has 5 heteroatoms. The summed E-state index contributed by atoms with van der Waals surface area (Å²) in [5.74, 6) is 0.465. The minimum atomic E-state index is -2.89. The van der Waals surface area contributed by atoms with Gasteiger partial charge in [0.05, 0.1) is 11.3 Å². The number of sulfone groups is 1. The monoisotopic (exact) mass is 306 g/mol. The minimum Gasteiger partial charge on any atom is -0.313 e. The third-order valence-corrected chi connectivity index (χ3v) is 5.57. The summed E-state index contributed by atoms with van der Waals surface area (Å²) in [5.41, 5.74) is 2.11. The number of rotatable bonds is 7. The Morgan fingerprint density at radius 2 is 2.00 bits per heavy atom. The number of nitrogens with one attached hydrogen (secondary N) is 1. The van der Waals surface area contributed by atoms with Crippen LogP contribution in [0, 0.1) is 0 Å². The van der Waals surface area contributed by atoms with E-state index in [-0.39, 0.29) is 17.5 Å². The third kappa shape index (κ3) is 4.02. The molecule has 1 atom stereocenters. The largest absolute Gasteiger partial charge is 0.313 e. The van der Waals surface area contributed by atoms with Crippen molar-refractivity contribution in [2.75, 3.05) is 18.6 Å². The van der Waals surface area contributed by atoms with Crippen molar-refractivity contribution in [3.8, 4) is 0 Å². The second kappa shape index (κ2) is 7.00. The summed E-state index contributed by atoms with van der Waals surface area (Å²) in [4.78, 5) is 4.46. The average molecular weight is 306 g/mol. The molecule has 0 amide bonds. The molecule has 0 aliphatic heterocycles. The summed E-state index contributed by atoms with van der Waals surface area (Å²) in [7, 11) is -0.988. The predicted octanol–water partition coefficient (Wildman–Crippen LogP) is 2.71. The molecule has 1 N–H and O–H groups in total. The van der Waals surface area contributed by atoms with Crippen molar-refractivity contribution in [2.45, 2.75) is 25.8 Å². The number of hydrogen-bond acceptors (Lipinski definition) is 4. The Kier molecular flexibility index (Phi) is 5.31. The lowest BCUT2D eigenvalue weighted by Gasteiger charge is -2.18. The van der Waals surface area contributed by atoms with E-state index in [1.54, 1.807) is 13.1 Å². The Morgan fingerprint density at radius 3 is 2.71 bits per heavy atom. The van der Waals surface area contributed by atoms with Gasteiger partial charge in [-0.15, -0.1) is 0 Å². The van der Waals surface area contributed by atoms with Crippen LogP contribution in [0.25, 0.3) is 10.9 Å². The smallest absolute Gasteiger partial charge is 0.150 e. The van der Waals surface area contributed by atoms with Crippen LogP contribution in [0.15, 0.2) is 36.5 Å². The fourth-order valence-corrected chi connectivity index (χ4v) is 3.41. The highest BCUT2D eigenvalue weighted by Crippen LogP contribution is 2.25. The van der Waals surface area contributed by atoms with E-state index < -0.39 is 9.84 Å². The van der Waals surface area contributed by atoms with Crippen molar-refractivity contribution < 1.29 is 8.42 Å². The molecule has 1 aromatic heterocycles. The first kappa shape index (κ1) is 15.9. The first-order chi connectivity index (χ1) is 10.1. The van der Waals surface area contributed by atoms with Gasteiger partial charge >= 0.3 is 0 Å². The van der Waals surface area contributed by atoms with Crippen LogP contribution in [-0.4, -0.2) is 32.0 Å². The molecule has 1 unspecified atom stereocenters. The van der Waals surface area contributed by atoms with Crippen LogP contribution in [-0.2, 0) is 9.84 Å². The Balaban J connectivity index is 2.16. The van der Waals surface area contributed by atoms with Gasteiger partial charge in [0.15, 0.2) is 0 Å². The second-order valence-electron chi connectivity index (χ2n) is 5.14. The van der Waals surface area contributed by atoms with Crippen LogP contribution in [0.1, 0.15) is 31.4 Å². The summed E-state index contributed by atoms with van der Waals surface area (Å²) in [5, 5.41) is 4.39. The quantitative estimate of drug-likeness (QED) is 0.854. The Bertz CT molecular complexity index is 693. The summed E-state index contributed by atoms with van der Waals surface area (Å²) >= 11 is 0. The zero-order chi connectivity index (χ0) is 15.3. The van der Waals surface area contributed by atoms with Crippen molar-refractivity contribution >= 4 is 20.7 Å². The van der Waals surface area contributed by atoms with E-state index in [1.807, 2.05) is 31.3 Å². The van der Waals surface area contributed by atoms with Crippen molar-refractivity contribution in [3.63, 3.8) is 0 Å². The molecule has 0 aliphatic carbocycles. The normalized spacial score (nSPS) is 13.4. The van der Waals surface area contributed by atoms with Gasteiger partial charge in [-0.2, -0.15) is 0 Å². The zero-order valence-electron chi connectivity index (χ0n) is 12.5. The van der Waals surface area contributed by atoms with Gasteiger partial charge in [-0.3, -0.25) is 4.98 Å². The first-order valence-corrected chi connectivity index (χ1v) is 9.11. The Hall–Kier alpha value is -1.46. The molecule has 21 heavy (non-hydrogen) atoms. The molecule has 4 nitrogen and oxygen atoms in total. The maximum absolute atomic E-state index is 11.6. The lowest BCUT2D eigenvalue weighted by atomic mass is 9.99. The van der Waals surface area contributed by atoms with E-state index >= 15 is 0 Å². The molecule has 2 rings (SSSR count). The van der Waals surface area contributed by atoms with Gasteiger partial charge in [-0.1, -0.05) is 31.2 Å². The highest BCUT2D eigenvalue weighted by Gasteiger charge is 2.15. The number of nitrogens with zero attached hydrogens (tertiary/aromatic N) is 1. The van der Waals surface area contributed by atoms with Crippen LogP contribution < -0.4 is 5.32 Å². The van der Waals surface area contributed by atoms with Gasteiger partial charge in [0.25, 0.3) is 0 Å². The fourth-order valence-electron chi connectivity index (χ4n) is 2.52. The predicted molar refractivity (Wildman–Crippen MR) is 87.1 cm³/mol. The van der Waals surface area contributed by atoms with E-state index in [2.05, 4.69) is 16.4 Å². The summed E-state index contributed by atoms with van der Waals surface area (Å²) in [6.07, 6.45) is 3.23. The summed E-state index contributed by atoms with van der Waals surface area (Å²) < 4.78 is 23.2. The van der Waals surface area contributed by atoms with Crippen LogP contribution in [0.3, 0.4) is 0 Å². The number of hydrogen-bond donors (Lipinski definition) is 1. The van der Waals surface area contributed by atoms with Crippen molar-refractivity contribution in [1.82, 2.24) is 10.3 Å². The molecule has 0 spiro atoms. The van der Waals surface area contributed by atoms with Gasteiger partial charge in [0.1, 0.15) is 9.84 Å². The molecule has 0 bridgehead atoms. The van der Waals surface area contributed by atoms with Crippen LogP contribution in [0.2, 0.25) is 0 Å². The average Bonchev–Trinajstić information content (AvgIpc) is 2.51. The zero-order valence-corrected chi connectivity index (χ0v) is 13.4. The van der Waals surface area contributed by atoms with Crippen LogP contribution >= 0.6 is 0 Å². The van der Waals surface area contributed by atoms with Crippen molar-refractivity contribution in [2.24, 2.45) is 0 Å². The van der Waals surface area contributed by atoms with Crippen LogP contribution in [0.4, 0.5) is 0 Å². The maximum Gasteiger partial charge on any atom is 0.150 e. The third-order valence-electron chi connectivity index (χ3n) is 3.78. The fraction of sp³-hybridized carbons (Fsp3) is 0.438. The molecule has 114 valence electrons. The number of para-hydroxylation sites is 1. The van der Waals surface area contributed by atoms with Gasteiger partial charge in [-0.05, 0) is 31.5 Å². The van der Waals surface area contributed by atoms with Crippen molar-refractivity contribution in [3.05, 3.63) is 42.1 Å². The highest BCUT2D eigenvalue weighted by atomic mass is 32.2. The first-order valence-electron chi connectivity index (χ1n) is 7.28. The van der Waals surface area contributed by atoms with E-state index in [0.717, 1.165) is 22.9 Å². The molecule has 1 aromatic carbocycles. The topological polar surface area (TPSA) is 59.1 Å². The summed E-state index contributed by atoms with van der Waals surface area (Å²) in [6, 6.07) is 10.2. The molecule has 0 saturated carbocycles. The number of fused-ring (bicyclic) bond motifs is 1. The summed E-state index contributed by atoms with van der Waals surface area (Å²) in [6.45, 7) is 1.69. The molecule has 0 fully saturated rings. The molecular formula is C16H22N2O2S. The molecule has 2 aromatic rings. The van der Waals surface area contributed by atoms with Crippen molar-refractivity contribution in [1.29, 1.82) is 0 Å².